The number of esters is 3. The molecule has 3 saturated heterocycles. The smallest absolute Gasteiger partial charge is 0.336 e. The molecule has 5 fully saturated rings. The maximum atomic E-state index is 13.5. The third-order valence-corrected chi connectivity index (χ3v) is 10.9. The number of carbonyl (C=O) groups is 3. The minimum atomic E-state index is -0.813. The largest absolute Gasteiger partial charge is 0.465 e. The van der Waals surface area contributed by atoms with Crippen LogP contribution in [0.5, 0.6) is 0 Å². The molecule has 284 valence electrons. The molecule has 8 unspecified atom stereocenters. The van der Waals surface area contributed by atoms with Crippen LogP contribution in [0, 0.1) is 17.8 Å². The zero-order valence-corrected chi connectivity index (χ0v) is 29.7. The van der Waals surface area contributed by atoms with Crippen LogP contribution in [0.2, 0.25) is 0 Å². The summed E-state index contributed by atoms with van der Waals surface area (Å²) in [6, 6.07) is 0. The number of nitrogens with zero attached hydrogens (tertiary/aromatic N) is 3. The molecule has 0 amide bonds. The first-order chi connectivity index (χ1) is 24.6. The van der Waals surface area contributed by atoms with E-state index < -0.39 is 35.0 Å². The van der Waals surface area contributed by atoms with E-state index in [1.165, 1.54) is 0 Å². The van der Waals surface area contributed by atoms with Crippen LogP contribution in [0.25, 0.3) is 0 Å². The monoisotopic (exact) mass is 719 g/mol. The first-order valence-corrected chi connectivity index (χ1v) is 19.0. The van der Waals surface area contributed by atoms with Crippen LogP contribution < -0.4 is 17.1 Å². The zero-order chi connectivity index (χ0) is 35.9. The lowest BCUT2D eigenvalue weighted by atomic mass is 9.90. The SMILES string of the molecule is CC1CCC(COC(=O)CCCn2c(=O)n(CCCC(=O)OCC3CCC4OC4C3)c(=O)n(CCCC(=O)OCC3CCC4OC4C3)c2=O)CO1. The third-order valence-electron chi connectivity index (χ3n) is 10.9. The second-order valence-corrected chi connectivity index (χ2v) is 15.0. The van der Waals surface area contributed by atoms with Crippen molar-refractivity contribution in [1.29, 1.82) is 0 Å². The van der Waals surface area contributed by atoms with Crippen molar-refractivity contribution in [2.75, 3.05) is 26.4 Å². The molecule has 5 aliphatic rings. The molecule has 1 aromatic rings. The van der Waals surface area contributed by atoms with Gasteiger partial charge in [0.15, 0.2) is 0 Å². The van der Waals surface area contributed by atoms with Crippen molar-refractivity contribution in [3.05, 3.63) is 31.5 Å². The highest BCUT2D eigenvalue weighted by molar-refractivity contribution is 5.70. The molecule has 0 radical (unpaired) electrons. The second kappa shape index (κ2) is 17.5. The number of hydrogen-bond acceptors (Lipinski definition) is 12. The van der Waals surface area contributed by atoms with Gasteiger partial charge in [0.2, 0.25) is 0 Å². The van der Waals surface area contributed by atoms with E-state index in [1.54, 1.807) is 0 Å². The highest BCUT2D eigenvalue weighted by atomic mass is 16.6. The van der Waals surface area contributed by atoms with Crippen LogP contribution in [-0.2, 0) is 62.4 Å². The summed E-state index contributed by atoms with van der Waals surface area (Å²) in [5, 5.41) is 0. The number of carbonyl (C=O) groups excluding carboxylic acids is 3. The molecule has 51 heavy (non-hydrogen) atoms. The van der Waals surface area contributed by atoms with Crippen LogP contribution in [0.3, 0.4) is 0 Å². The molecular formula is C36H53N3O12. The molecular weight excluding hydrogens is 666 g/mol. The predicted molar refractivity (Wildman–Crippen MR) is 180 cm³/mol. The maximum Gasteiger partial charge on any atom is 0.336 e. The third kappa shape index (κ3) is 10.6. The molecule has 0 aromatic carbocycles. The van der Waals surface area contributed by atoms with E-state index >= 15 is 0 Å². The Bertz CT molecular complexity index is 1470. The van der Waals surface area contributed by atoms with E-state index in [-0.39, 0.29) is 101 Å². The van der Waals surface area contributed by atoms with Crippen LogP contribution in [0.15, 0.2) is 14.4 Å². The van der Waals surface area contributed by atoms with E-state index in [9.17, 15) is 28.8 Å². The number of hydrogen-bond donors (Lipinski definition) is 0. The number of ether oxygens (including phenoxy) is 6. The van der Waals surface area contributed by atoms with Crippen molar-refractivity contribution >= 4 is 17.9 Å². The van der Waals surface area contributed by atoms with Crippen LogP contribution >= 0.6 is 0 Å². The van der Waals surface area contributed by atoms with Gasteiger partial charge in [-0.3, -0.25) is 14.4 Å². The van der Waals surface area contributed by atoms with Crippen molar-refractivity contribution in [2.24, 2.45) is 17.8 Å². The summed E-state index contributed by atoms with van der Waals surface area (Å²) in [6.07, 6.45) is 9.37. The van der Waals surface area contributed by atoms with Crippen molar-refractivity contribution in [1.82, 2.24) is 13.7 Å². The van der Waals surface area contributed by atoms with Gasteiger partial charge in [-0.2, -0.15) is 0 Å². The molecule has 8 atom stereocenters. The highest BCUT2D eigenvalue weighted by Gasteiger charge is 2.44. The summed E-state index contributed by atoms with van der Waals surface area (Å²) in [4.78, 5) is 77.8. The molecule has 0 N–H and O–H groups in total. The first kappa shape index (κ1) is 37.5. The van der Waals surface area contributed by atoms with Gasteiger partial charge in [-0.25, -0.2) is 28.1 Å². The fraction of sp³-hybridized carbons (Fsp3) is 0.833. The molecule has 4 heterocycles. The fourth-order valence-corrected chi connectivity index (χ4v) is 7.60. The molecule has 3 aliphatic heterocycles. The van der Waals surface area contributed by atoms with E-state index in [0.717, 1.165) is 65.1 Å². The predicted octanol–water partition coefficient (Wildman–Crippen LogP) is 2.09. The minimum Gasteiger partial charge on any atom is -0.465 e. The molecule has 2 saturated carbocycles. The Morgan fingerprint density at radius 3 is 1.33 bits per heavy atom. The number of rotatable bonds is 18. The summed E-state index contributed by atoms with van der Waals surface area (Å²) in [7, 11) is 0. The molecule has 1 aromatic heterocycles. The average molecular weight is 720 g/mol. The molecule has 15 heteroatoms. The summed E-state index contributed by atoms with van der Waals surface area (Å²) < 4.78 is 35.9. The molecule has 6 rings (SSSR count). The minimum absolute atomic E-state index is 0.00255. The van der Waals surface area contributed by atoms with Gasteiger partial charge in [-0.15, -0.1) is 0 Å². The maximum absolute atomic E-state index is 13.5. The van der Waals surface area contributed by atoms with Gasteiger partial charge >= 0.3 is 35.0 Å². The van der Waals surface area contributed by atoms with Gasteiger partial charge in [0, 0.05) is 44.8 Å². The zero-order valence-electron chi connectivity index (χ0n) is 29.7. The van der Waals surface area contributed by atoms with Gasteiger partial charge in [0.05, 0.1) is 56.9 Å². The molecule has 0 spiro atoms. The standard InChI is InChI=1S/C36H53N3O12/c1-23-8-9-26(21-46-23)22-49-33(42)7-4-16-39-35(44)37(14-2-5-31(40)47-19-24-10-12-27-29(17-24)50-27)34(43)38(36(39)45)15-3-6-32(41)48-20-25-11-13-28-30(18-25)51-28/h23-30H,2-22H2,1H3. The van der Waals surface area contributed by atoms with Gasteiger partial charge in [0.25, 0.3) is 0 Å². The Morgan fingerprint density at radius 1 is 0.569 bits per heavy atom. The molecule has 15 nitrogen and oxygen atoms in total. The van der Waals surface area contributed by atoms with Crippen LogP contribution in [0.1, 0.15) is 96.8 Å². The Morgan fingerprint density at radius 2 is 0.961 bits per heavy atom. The molecule has 2 aliphatic carbocycles. The second-order valence-electron chi connectivity index (χ2n) is 15.0. The quantitative estimate of drug-likeness (QED) is 0.123. The van der Waals surface area contributed by atoms with E-state index in [4.69, 9.17) is 28.4 Å². The van der Waals surface area contributed by atoms with Crippen molar-refractivity contribution in [3.8, 4) is 0 Å². The normalized spacial score (nSPS) is 29.4. The van der Waals surface area contributed by atoms with Gasteiger partial charge in [0.1, 0.15) is 0 Å². The summed E-state index contributed by atoms with van der Waals surface area (Å²) >= 11 is 0. The molecule has 0 bridgehead atoms. The number of epoxide rings is 2. The lowest BCUT2D eigenvalue weighted by molar-refractivity contribution is -0.147. The number of aromatic nitrogens is 3. The Hall–Kier alpha value is -3.30. The van der Waals surface area contributed by atoms with Crippen LogP contribution in [-0.4, -0.2) is 88.6 Å². The summed E-state index contributed by atoms with van der Waals surface area (Å²) in [6.45, 7) is 3.11. The summed E-state index contributed by atoms with van der Waals surface area (Å²) in [5.74, 6) is -0.606. The van der Waals surface area contributed by atoms with Gasteiger partial charge in [-0.1, -0.05) is 0 Å². The lowest BCUT2D eigenvalue weighted by Gasteiger charge is -2.26. The number of fused-ring (bicyclic) bond motifs is 2. The van der Waals surface area contributed by atoms with Crippen molar-refractivity contribution in [3.63, 3.8) is 0 Å². The van der Waals surface area contributed by atoms with Gasteiger partial charge < -0.3 is 28.4 Å². The Labute approximate surface area is 296 Å². The fourth-order valence-electron chi connectivity index (χ4n) is 7.60. The van der Waals surface area contributed by atoms with Crippen molar-refractivity contribution in [2.45, 2.75) is 147 Å². The van der Waals surface area contributed by atoms with E-state index in [2.05, 4.69) is 0 Å². The topological polar surface area (TPSA) is 179 Å². The Balaban J connectivity index is 1.02. The van der Waals surface area contributed by atoms with Crippen molar-refractivity contribution < 1.29 is 42.8 Å². The summed E-state index contributed by atoms with van der Waals surface area (Å²) in [5.41, 5.74) is -2.44. The highest BCUT2D eigenvalue weighted by Crippen LogP contribution is 2.40. The Kier molecular flexibility index (Phi) is 12.8. The average Bonchev–Trinajstić information content (AvgIpc) is 4.06. The van der Waals surface area contributed by atoms with E-state index in [0.29, 0.717) is 32.0 Å². The van der Waals surface area contributed by atoms with E-state index in [1.807, 2.05) is 6.92 Å². The first-order valence-electron chi connectivity index (χ1n) is 19.0. The van der Waals surface area contributed by atoms with Gasteiger partial charge in [-0.05, 0) is 89.4 Å². The van der Waals surface area contributed by atoms with Crippen LogP contribution in [0.4, 0.5) is 0 Å². The lowest BCUT2D eigenvalue weighted by Crippen LogP contribution is -2.54.